The Morgan fingerprint density at radius 1 is 1.17 bits per heavy atom. The normalized spacial score (nSPS) is 11.3. The topological polar surface area (TPSA) is 72.8 Å². The Bertz CT molecular complexity index is 1350. The van der Waals surface area contributed by atoms with Crippen molar-refractivity contribution in [3.8, 4) is 5.75 Å². The molecule has 0 fully saturated rings. The zero-order chi connectivity index (χ0) is 20.7. The number of nitrogens with zero attached hydrogens (tertiary/aromatic N) is 3. The number of hydrogen-bond donors (Lipinski definition) is 1. The molecule has 148 valence electrons. The Hall–Kier alpha value is -3.64. The fourth-order valence-corrected chi connectivity index (χ4v) is 3.72. The van der Waals surface area contributed by atoms with E-state index < -0.39 is 0 Å². The Labute approximate surface area is 177 Å². The summed E-state index contributed by atoms with van der Waals surface area (Å²) in [5, 5.41) is 1.50. The fourth-order valence-electron chi connectivity index (χ4n) is 3.59. The molecule has 0 aliphatic rings. The molecule has 0 saturated carbocycles. The molecule has 1 N–H and O–H groups in total. The van der Waals surface area contributed by atoms with Gasteiger partial charge in [-0.25, -0.2) is 4.98 Å². The second kappa shape index (κ2) is 7.31. The Balaban J connectivity index is 1.62. The molecule has 0 amide bonds. The highest BCUT2D eigenvalue weighted by Crippen LogP contribution is 2.28. The third-order valence-corrected chi connectivity index (χ3v) is 5.35. The van der Waals surface area contributed by atoms with Crippen LogP contribution < -0.4 is 4.74 Å². The van der Waals surface area contributed by atoms with E-state index in [2.05, 4.69) is 19.5 Å². The molecular formula is C23H17ClN4O2. The zero-order valence-electron chi connectivity index (χ0n) is 16.1. The number of ketones is 1. The summed E-state index contributed by atoms with van der Waals surface area (Å²) in [6.45, 7) is 0.608. The molecule has 7 heteroatoms. The molecule has 30 heavy (non-hydrogen) atoms. The predicted octanol–water partition coefficient (Wildman–Crippen LogP) is 4.85. The van der Waals surface area contributed by atoms with Gasteiger partial charge in [-0.3, -0.25) is 9.78 Å². The van der Waals surface area contributed by atoms with E-state index in [-0.39, 0.29) is 11.6 Å². The van der Waals surface area contributed by atoms with Crippen LogP contribution in [0.1, 0.15) is 21.7 Å². The maximum Gasteiger partial charge on any atom is 0.230 e. The molecule has 3 heterocycles. The van der Waals surface area contributed by atoms with Crippen molar-refractivity contribution in [3.05, 3.63) is 89.1 Å². The number of imidazole rings is 1. The van der Waals surface area contributed by atoms with Gasteiger partial charge >= 0.3 is 0 Å². The monoisotopic (exact) mass is 416 g/mol. The number of pyridine rings is 1. The lowest BCUT2D eigenvalue weighted by molar-refractivity contribution is 0.103. The summed E-state index contributed by atoms with van der Waals surface area (Å²) < 4.78 is 7.44. The number of ether oxygens (including phenoxy) is 1. The maximum atomic E-state index is 13.4. The molecule has 5 rings (SSSR count). The van der Waals surface area contributed by atoms with Crippen molar-refractivity contribution in [2.45, 2.75) is 6.54 Å². The average Bonchev–Trinajstić information content (AvgIpc) is 3.36. The molecule has 0 unspecified atom stereocenters. The van der Waals surface area contributed by atoms with Crippen molar-refractivity contribution in [2.75, 3.05) is 7.11 Å². The van der Waals surface area contributed by atoms with Gasteiger partial charge in [-0.2, -0.15) is 0 Å². The summed E-state index contributed by atoms with van der Waals surface area (Å²) >= 11 is 6.01. The van der Waals surface area contributed by atoms with Crippen LogP contribution in [0, 0.1) is 0 Å². The first-order chi connectivity index (χ1) is 14.6. The van der Waals surface area contributed by atoms with Gasteiger partial charge < -0.3 is 14.3 Å². The largest absolute Gasteiger partial charge is 0.497 e. The third kappa shape index (κ3) is 3.21. The Morgan fingerprint density at radius 3 is 2.77 bits per heavy atom. The van der Waals surface area contributed by atoms with Crippen LogP contribution in [-0.2, 0) is 6.54 Å². The number of methoxy groups -OCH3 is 1. The third-order valence-electron chi connectivity index (χ3n) is 5.10. The van der Waals surface area contributed by atoms with Crippen LogP contribution in [0.4, 0.5) is 0 Å². The molecule has 0 radical (unpaired) electrons. The molecule has 0 atom stereocenters. The van der Waals surface area contributed by atoms with Gasteiger partial charge in [0.05, 0.1) is 29.9 Å². The molecule has 3 aromatic heterocycles. The first kappa shape index (κ1) is 18.4. The number of fused-ring (bicyclic) bond motifs is 2. The number of halogens is 1. The fraction of sp³-hybridized carbons (Fsp3) is 0.0870. The number of rotatable bonds is 5. The minimum atomic E-state index is -0.181. The standard InChI is InChI=1S/C23H17ClN4O2/c1-30-16-6-7-21-17(10-16)18(13-28(21)12-14-2-4-15(24)5-3-14)22(29)23-26-19-8-9-25-11-20(19)27-23/h2-11,13H,12H2,1H3,(H,26,27). The highest BCUT2D eigenvalue weighted by atomic mass is 35.5. The van der Waals surface area contributed by atoms with Crippen molar-refractivity contribution in [3.63, 3.8) is 0 Å². The van der Waals surface area contributed by atoms with Crippen molar-refractivity contribution in [1.82, 2.24) is 19.5 Å². The molecule has 0 aliphatic carbocycles. The first-order valence-electron chi connectivity index (χ1n) is 9.38. The van der Waals surface area contributed by atoms with E-state index in [0.717, 1.165) is 22.0 Å². The van der Waals surface area contributed by atoms with E-state index >= 15 is 0 Å². The molecule has 6 nitrogen and oxygen atoms in total. The summed E-state index contributed by atoms with van der Waals surface area (Å²) in [5.41, 5.74) is 4.01. The van der Waals surface area contributed by atoms with E-state index in [0.29, 0.717) is 28.4 Å². The molecule has 0 aliphatic heterocycles. The minimum absolute atomic E-state index is 0.181. The lowest BCUT2D eigenvalue weighted by atomic mass is 10.1. The smallest absolute Gasteiger partial charge is 0.230 e. The number of carbonyl (C=O) groups excluding carboxylic acids is 1. The van der Waals surface area contributed by atoms with Gasteiger partial charge in [0.2, 0.25) is 5.78 Å². The van der Waals surface area contributed by atoms with E-state index in [1.807, 2.05) is 48.7 Å². The second-order valence-electron chi connectivity index (χ2n) is 6.99. The van der Waals surface area contributed by atoms with Crippen LogP contribution >= 0.6 is 11.6 Å². The minimum Gasteiger partial charge on any atom is -0.497 e. The summed E-state index contributed by atoms with van der Waals surface area (Å²) in [5.74, 6) is 0.792. The van der Waals surface area contributed by atoms with Gasteiger partial charge in [0.1, 0.15) is 5.75 Å². The SMILES string of the molecule is COc1ccc2c(c1)c(C(=O)c1nc3ccncc3[nH]1)cn2Cc1ccc(Cl)cc1. The quantitative estimate of drug-likeness (QED) is 0.415. The van der Waals surface area contributed by atoms with Gasteiger partial charge in [0.15, 0.2) is 5.82 Å². The molecular weight excluding hydrogens is 400 g/mol. The number of aromatic amines is 1. The zero-order valence-corrected chi connectivity index (χ0v) is 16.8. The van der Waals surface area contributed by atoms with Crippen LogP contribution in [0.15, 0.2) is 67.1 Å². The van der Waals surface area contributed by atoms with Crippen LogP contribution in [0.5, 0.6) is 5.75 Å². The van der Waals surface area contributed by atoms with Crippen molar-refractivity contribution in [1.29, 1.82) is 0 Å². The lowest BCUT2D eigenvalue weighted by Gasteiger charge is -2.06. The second-order valence-corrected chi connectivity index (χ2v) is 7.42. The van der Waals surface area contributed by atoms with E-state index in [4.69, 9.17) is 16.3 Å². The van der Waals surface area contributed by atoms with E-state index in [1.165, 1.54) is 0 Å². The molecule has 5 aromatic rings. The maximum absolute atomic E-state index is 13.4. The van der Waals surface area contributed by atoms with Crippen molar-refractivity contribution < 1.29 is 9.53 Å². The Kier molecular flexibility index (Phi) is 4.48. The number of benzene rings is 2. The summed E-state index contributed by atoms with van der Waals surface area (Å²) in [4.78, 5) is 24.9. The summed E-state index contributed by atoms with van der Waals surface area (Å²) in [7, 11) is 1.61. The number of nitrogens with one attached hydrogen (secondary N) is 1. The molecule has 0 spiro atoms. The van der Waals surface area contributed by atoms with Gasteiger partial charge in [-0.1, -0.05) is 23.7 Å². The summed E-state index contributed by atoms with van der Waals surface area (Å²) in [6, 6.07) is 15.2. The van der Waals surface area contributed by atoms with Crippen molar-refractivity contribution >= 4 is 39.3 Å². The van der Waals surface area contributed by atoms with Gasteiger partial charge in [-0.15, -0.1) is 0 Å². The first-order valence-corrected chi connectivity index (χ1v) is 9.76. The van der Waals surface area contributed by atoms with Gasteiger partial charge in [-0.05, 0) is 42.0 Å². The van der Waals surface area contributed by atoms with Crippen LogP contribution in [0.2, 0.25) is 5.02 Å². The number of hydrogen-bond acceptors (Lipinski definition) is 4. The molecule has 0 saturated heterocycles. The average molecular weight is 417 g/mol. The van der Waals surface area contributed by atoms with E-state index in [1.54, 1.807) is 25.6 Å². The Morgan fingerprint density at radius 2 is 2.00 bits per heavy atom. The molecule has 0 bridgehead atoms. The highest BCUT2D eigenvalue weighted by Gasteiger charge is 2.20. The number of aromatic nitrogens is 4. The number of carbonyl (C=O) groups is 1. The van der Waals surface area contributed by atoms with Gasteiger partial charge in [0, 0.05) is 34.9 Å². The van der Waals surface area contributed by atoms with Gasteiger partial charge in [0.25, 0.3) is 0 Å². The van der Waals surface area contributed by atoms with Crippen LogP contribution in [-0.4, -0.2) is 32.4 Å². The lowest BCUT2D eigenvalue weighted by Crippen LogP contribution is -2.03. The molecule has 2 aromatic carbocycles. The number of H-pyrrole nitrogens is 1. The van der Waals surface area contributed by atoms with E-state index in [9.17, 15) is 4.79 Å². The highest BCUT2D eigenvalue weighted by molar-refractivity contribution is 6.30. The summed E-state index contributed by atoms with van der Waals surface area (Å²) in [6.07, 6.45) is 5.18. The van der Waals surface area contributed by atoms with Crippen LogP contribution in [0.3, 0.4) is 0 Å². The predicted molar refractivity (Wildman–Crippen MR) is 116 cm³/mol. The van der Waals surface area contributed by atoms with Crippen LogP contribution in [0.25, 0.3) is 21.9 Å². The van der Waals surface area contributed by atoms with Crippen molar-refractivity contribution in [2.24, 2.45) is 0 Å².